The molecule has 0 aliphatic rings. The maximum Gasteiger partial charge on any atom is 0.337 e. The Kier molecular flexibility index (Phi) is 3.57. The molecule has 0 aliphatic carbocycles. The highest BCUT2D eigenvalue weighted by atomic mass is 32.1. The molecule has 0 bridgehead atoms. The maximum absolute atomic E-state index is 11.6. The van der Waals surface area contributed by atoms with Crippen LogP contribution in [0.25, 0.3) is 0 Å². The molecule has 8 nitrogen and oxygen atoms in total. The molecule has 1 heterocycles. The number of aromatic carboxylic acids is 1. The number of phenols is 1. The van der Waals surface area contributed by atoms with Gasteiger partial charge in [-0.2, -0.15) is 0 Å². The van der Waals surface area contributed by atoms with Crippen LogP contribution in [0.2, 0.25) is 0 Å². The predicted molar refractivity (Wildman–Crippen MR) is 67.6 cm³/mol. The number of hydrogen-bond acceptors (Lipinski definition) is 6. The number of carbonyl (C=O) groups is 2. The van der Waals surface area contributed by atoms with Gasteiger partial charge in [0.05, 0.1) is 17.4 Å². The lowest BCUT2D eigenvalue weighted by Crippen LogP contribution is -2.20. The average molecular weight is 280 g/mol. The van der Waals surface area contributed by atoms with Gasteiger partial charge in [-0.05, 0) is 18.2 Å². The highest BCUT2D eigenvalue weighted by Gasteiger charge is 2.13. The second-order valence-corrected chi connectivity index (χ2v) is 4.18. The fourth-order valence-electron chi connectivity index (χ4n) is 1.31. The molecule has 9 heteroatoms. The number of carboxylic acids is 1. The minimum Gasteiger partial charge on any atom is -0.508 e. The van der Waals surface area contributed by atoms with Gasteiger partial charge in [-0.3, -0.25) is 5.32 Å². The highest BCUT2D eigenvalue weighted by Crippen LogP contribution is 2.21. The second-order valence-electron chi connectivity index (χ2n) is 3.40. The molecule has 0 aliphatic heterocycles. The number of aromatic nitrogens is 2. The van der Waals surface area contributed by atoms with Crippen LogP contribution in [-0.2, 0) is 0 Å². The fraction of sp³-hybridized carbons (Fsp3) is 0. The summed E-state index contributed by atoms with van der Waals surface area (Å²) in [6.07, 6.45) is 1.36. The smallest absolute Gasteiger partial charge is 0.337 e. The van der Waals surface area contributed by atoms with E-state index in [0.29, 0.717) is 5.00 Å². The van der Waals surface area contributed by atoms with Crippen LogP contribution >= 0.6 is 11.5 Å². The summed E-state index contributed by atoms with van der Waals surface area (Å²) in [5.41, 5.74) is -0.141. The number of hydrogen-bond donors (Lipinski definition) is 4. The number of benzene rings is 1. The van der Waals surface area contributed by atoms with Gasteiger partial charge in [0.1, 0.15) is 10.8 Å². The first-order chi connectivity index (χ1) is 9.06. The molecule has 0 atom stereocenters. The lowest BCUT2D eigenvalue weighted by molar-refractivity contribution is 0.0697. The van der Waals surface area contributed by atoms with Crippen LogP contribution in [0.5, 0.6) is 5.75 Å². The Bertz CT molecular complexity index is 614. The molecule has 1 aromatic carbocycles. The zero-order chi connectivity index (χ0) is 13.8. The van der Waals surface area contributed by atoms with E-state index in [9.17, 15) is 14.7 Å². The largest absolute Gasteiger partial charge is 0.508 e. The first-order valence-electron chi connectivity index (χ1n) is 4.98. The van der Waals surface area contributed by atoms with Crippen molar-refractivity contribution in [3.63, 3.8) is 0 Å². The molecule has 0 saturated carbocycles. The number of carbonyl (C=O) groups excluding carboxylic acids is 1. The summed E-state index contributed by atoms with van der Waals surface area (Å²) in [5, 5.41) is 26.9. The summed E-state index contributed by atoms with van der Waals surface area (Å²) in [4.78, 5) is 22.6. The summed E-state index contributed by atoms with van der Waals surface area (Å²) in [7, 11) is 0. The van der Waals surface area contributed by atoms with Gasteiger partial charge in [0, 0.05) is 11.5 Å². The third-order valence-electron chi connectivity index (χ3n) is 2.08. The van der Waals surface area contributed by atoms with E-state index in [1.165, 1.54) is 18.3 Å². The average Bonchev–Trinajstić information content (AvgIpc) is 2.83. The third kappa shape index (κ3) is 3.16. The van der Waals surface area contributed by atoms with Crippen LogP contribution in [-0.4, -0.2) is 31.8 Å². The van der Waals surface area contributed by atoms with Crippen molar-refractivity contribution in [1.82, 2.24) is 9.59 Å². The highest BCUT2D eigenvalue weighted by molar-refractivity contribution is 7.10. The van der Waals surface area contributed by atoms with Gasteiger partial charge in [0.2, 0.25) is 0 Å². The number of carboxylic acid groups (broad SMARTS) is 1. The molecule has 98 valence electrons. The number of rotatable bonds is 3. The van der Waals surface area contributed by atoms with E-state index < -0.39 is 12.0 Å². The molecule has 0 spiro atoms. The molecular weight excluding hydrogens is 272 g/mol. The molecule has 0 saturated heterocycles. The standard InChI is InChI=1S/C10H8N4O4S/c15-5-1-2-7(6(3-5)9(16)17)12-10(18)13-8-4-11-14-19-8/h1-4,15H,(H,16,17)(H2,12,13,18). The van der Waals surface area contributed by atoms with Crippen LogP contribution in [0.1, 0.15) is 10.4 Å². The maximum atomic E-state index is 11.6. The topological polar surface area (TPSA) is 124 Å². The predicted octanol–water partition coefficient (Wildman–Crippen LogP) is 1.59. The second kappa shape index (κ2) is 5.31. The first-order valence-corrected chi connectivity index (χ1v) is 5.75. The minimum atomic E-state index is -1.26. The van der Waals surface area contributed by atoms with Gasteiger partial charge in [-0.25, -0.2) is 9.59 Å². The van der Waals surface area contributed by atoms with Crippen LogP contribution in [0.15, 0.2) is 24.4 Å². The molecule has 0 fully saturated rings. The minimum absolute atomic E-state index is 0.0697. The zero-order valence-corrected chi connectivity index (χ0v) is 10.1. The summed E-state index contributed by atoms with van der Waals surface area (Å²) in [5.74, 6) is -1.46. The number of phenolic OH excluding ortho intramolecular Hbond substituents is 1. The van der Waals surface area contributed by atoms with Gasteiger partial charge < -0.3 is 15.5 Å². The number of aromatic hydroxyl groups is 1. The lowest BCUT2D eigenvalue weighted by atomic mass is 10.1. The third-order valence-corrected chi connectivity index (χ3v) is 2.66. The van der Waals surface area contributed by atoms with Crippen molar-refractivity contribution in [3.8, 4) is 5.75 Å². The number of nitrogens with zero attached hydrogens (tertiary/aromatic N) is 2. The van der Waals surface area contributed by atoms with Gasteiger partial charge in [-0.15, -0.1) is 5.10 Å². The van der Waals surface area contributed by atoms with Gasteiger partial charge in [-0.1, -0.05) is 4.49 Å². The van der Waals surface area contributed by atoms with E-state index in [2.05, 4.69) is 20.2 Å². The van der Waals surface area contributed by atoms with E-state index in [0.717, 1.165) is 17.6 Å². The van der Waals surface area contributed by atoms with Crippen molar-refractivity contribution in [2.24, 2.45) is 0 Å². The van der Waals surface area contributed by atoms with Crippen molar-refractivity contribution in [2.75, 3.05) is 10.6 Å². The summed E-state index contributed by atoms with van der Waals surface area (Å²) < 4.78 is 3.56. The fourth-order valence-corrected chi connectivity index (χ4v) is 1.72. The number of anilines is 2. The molecule has 1 aromatic heterocycles. The summed E-state index contributed by atoms with van der Waals surface area (Å²) >= 11 is 0.985. The Labute approximate surface area is 110 Å². The van der Waals surface area contributed by atoms with E-state index >= 15 is 0 Å². The Hall–Kier alpha value is -2.68. The quantitative estimate of drug-likeness (QED) is 0.633. The molecule has 0 radical (unpaired) electrons. The molecule has 19 heavy (non-hydrogen) atoms. The Morgan fingerprint density at radius 1 is 1.26 bits per heavy atom. The SMILES string of the molecule is O=C(Nc1cnns1)Nc1ccc(O)cc1C(=O)O. The van der Waals surface area contributed by atoms with Gasteiger partial charge in [0.25, 0.3) is 0 Å². The van der Waals surface area contributed by atoms with Gasteiger partial charge in [0.15, 0.2) is 0 Å². The van der Waals surface area contributed by atoms with Gasteiger partial charge >= 0.3 is 12.0 Å². The molecular formula is C10H8N4O4S. The monoisotopic (exact) mass is 280 g/mol. The molecule has 0 unspecified atom stereocenters. The lowest BCUT2D eigenvalue weighted by Gasteiger charge is -2.08. The summed E-state index contributed by atoms with van der Waals surface area (Å²) in [6.45, 7) is 0. The first kappa shape index (κ1) is 12.8. The Morgan fingerprint density at radius 3 is 2.68 bits per heavy atom. The van der Waals surface area contributed by atoms with Crippen LogP contribution < -0.4 is 10.6 Å². The van der Waals surface area contributed by atoms with E-state index in [1.807, 2.05) is 0 Å². The van der Waals surface area contributed by atoms with Crippen LogP contribution in [0.4, 0.5) is 15.5 Å². The number of urea groups is 1. The van der Waals surface area contributed by atoms with Crippen molar-refractivity contribution in [3.05, 3.63) is 30.0 Å². The number of amides is 2. The van der Waals surface area contributed by atoms with E-state index in [-0.39, 0.29) is 17.0 Å². The van der Waals surface area contributed by atoms with Crippen molar-refractivity contribution >= 4 is 34.2 Å². The Morgan fingerprint density at radius 2 is 2.05 bits per heavy atom. The molecule has 4 N–H and O–H groups in total. The van der Waals surface area contributed by atoms with E-state index in [4.69, 9.17) is 5.11 Å². The molecule has 2 rings (SSSR count). The number of nitrogens with one attached hydrogen (secondary N) is 2. The Balaban J connectivity index is 2.14. The molecule has 2 aromatic rings. The normalized spacial score (nSPS) is 9.89. The van der Waals surface area contributed by atoms with Crippen LogP contribution in [0.3, 0.4) is 0 Å². The van der Waals surface area contributed by atoms with Crippen molar-refractivity contribution < 1.29 is 19.8 Å². The van der Waals surface area contributed by atoms with Crippen LogP contribution in [0, 0.1) is 0 Å². The molecule has 2 amide bonds. The van der Waals surface area contributed by atoms with E-state index in [1.54, 1.807) is 0 Å². The summed E-state index contributed by atoms with van der Waals surface area (Å²) in [6, 6.07) is 2.99. The zero-order valence-electron chi connectivity index (χ0n) is 9.32. The van der Waals surface area contributed by atoms with Crippen molar-refractivity contribution in [2.45, 2.75) is 0 Å². The van der Waals surface area contributed by atoms with Crippen molar-refractivity contribution in [1.29, 1.82) is 0 Å².